The molecular weight excluding hydrogens is 256 g/mol. The Hall–Kier alpha value is -2.75. The molecule has 1 heterocycles. The highest BCUT2D eigenvalue weighted by molar-refractivity contribution is 6.15. The van der Waals surface area contributed by atoms with Gasteiger partial charge in [0.05, 0.1) is 5.56 Å². The summed E-state index contributed by atoms with van der Waals surface area (Å²) in [4.78, 5) is 12.3. The van der Waals surface area contributed by atoms with Crippen molar-refractivity contribution in [3.63, 3.8) is 0 Å². The Labute approximate surface area is 115 Å². The number of ketones is 1. The summed E-state index contributed by atoms with van der Waals surface area (Å²) < 4.78 is 5.50. The third-order valence-corrected chi connectivity index (χ3v) is 3.15. The average molecular weight is 268 g/mol. The number of hydrogen-bond acceptors (Lipinski definition) is 4. The van der Waals surface area contributed by atoms with Crippen LogP contribution in [0.25, 0.3) is 6.08 Å². The van der Waals surface area contributed by atoms with E-state index in [1.807, 2.05) is 0 Å². The topological polar surface area (TPSA) is 66.8 Å². The van der Waals surface area contributed by atoms with Gasteiger partial charge in [0, 0.05) is 6.07 Å². The maximum atomic E-state index is 12.3. The molecule has 0 saturated carbocycles. The van der Waals surface area contributed by atoms with E-state index in [-0.39, 0.29) is 23.0 Å². The lowest BCUT2D eigenvalue weighted by Gasteiger charge is -2.01. The van der Waals surface area contributed by atoms with E-state index in [9.17, 15) is 15.0 Å². The van der Waals surface area contributed by atoms with Crippen molar-refractivity contribution in [3.05, 3.63) is 58.8 Å². The molecule has 2 aromatic rings. The van der Waals surface area contributed by atoms with Crippen molar-refractivity contribution >= 4 is 11.9 Å². The van der Waals surface area contributed by atoms with Crippen LogP contribution < -0.4 is 4.74 Å². The minimum absolute atomic E-state index is 0.0694. The van der Waals surface area contributed by atoms with Crippen LogP contribution in [0.3, 0.4) is 0 Å². The molecule has 0 bridgehead atoms. The van der Waals surface area contributed by atoms with Gasteiger partial charge in [-0.1, -0.05) is 12.1 Å². The Kier molecular flexibility index (Phi) is 2.71. The quantitative estimate of drug-likeness (QED) is 0.780. The number of carbonyl (C=O) groups excluding carboxylic acids is 1. The first-order valence-electron chi connectivity index (χ1n) is 6.11. The molecule has 1 aliphatic rings. The van der Waals surface area contributed by atoms with Gasteiger partial charge >= 0.3 is 0 Å². The maximum absolute atomic E-state index is 12.3. The van der Waals surface area contributed by atoms with Gasteiger partial charge < -0.3 is 14.9 Å². The zero-order chi connectivity index (χ0) is 14.3. The van der Waals surface area contributed by atoms with Gasteiger partial charge in [-0.2, -0.15) is 0 Å². The number of aromatic hydroxyl groups is 2. The molecule has 4 nitrogen and oxygen atoms in total. The molecule has 0 fully saturated rings. The number of fused-ring (bicyclic) bond motifs is 1. The molecule has 0 aliphatic carbocycles. The summed E-state index contributed by atoms with van der Waals surface area (Å²) in [7, 11) is 0. The van der Waals surface area contributed by atoms with E-state index in [0.717, 1.165) is 5.56 Å². The molecule has 4 heteroatoms. The van der Waals surface area contributed by atoms with E-state index in [0.29, 0.717) is 16.9 Å². The SMILES string of the molecule is Cc1cc(O)cc2c1C(=O)/C(=C/c1ccc(O)cc1)O2. The number of ether oxygens (including phenoxy) is 1. The van der Waals surface area contributed by atoms with Crippen molar-refractivity contribution in [2.45, 2.75) is 6.92 Å². The number of benzene rings is 2. The molecule has 0 atom stereocenters. The van der Waals surface area contributed by atoms with Gasteiger partial charge in [-0.15, -0.1) is 0 Å². The highest BCUT2D eigenvalue weighted by Gasteiger charge is 2.29. The molecule has 100 valence electrons. The van der Waals surface area contributed by atoms with Crippen LogP contribution in [0.4, 0.5) is 0 Å². The Morgan fingerprint density at radius 1 is 1.05 bits per heavy atom. The predicted octanol–water partition coefficient (Wildman–Crippen LogP) is 3.02. The first-order chi connectivity index (χ1) is 9.54. The minimum atomic E-state index is -0.203. The largest absolute Gasteiger partial charge is 0.508 e. The van der Waals surface area contributed by atoms with E-state index in [1.54, 1.807) is 25.1 Å². The second-order valence-electron chi connectivity index (χ2n) is 4.67. The summed E-state index contributed by atoms with van der Waals surface area (Å²) in [5.41, 5.74) is 1.91. The summed E-state index contributed by atoms with van der Waals surface area (Å²) in [6.07, 6.45) is 1.61. The van der Waals surface area contributed by atoms with Crippen molar-refractivity contribution in [2.75, 3.05) is 0 Å². The molecular formula is C16H12O4. The second-order valence-corrected chi connectivity index (χ2v) is 4.67. The maximum Gasteiger partial charge on any atom is 0.232 e. The molecule has 2 aromatic carbocycles. The number of aryl methyl sites for hydroxylation is 1. The lowest BCUT2D eigenvalue weighted by atomic mass is 10.0. The molecule has 3 rings (SSSR count). The minimum Gasteiger partial charge on any atom is -0.508 e. The molecule has 0 aromatic heterocycles. The average Bonchev–Trinajstić information content (AvgIpc) is 2.69. The highest BCUT2D eigenvalue weighted by atomic mass is 16.5. The highest BCUT2D eigenvalue weighted by Crippen LogP contribution is 2.37. The van der Waals surface area contributed by atoms with Crippen molar-refractivity contribution in [2.24, 2.45) is 0 Å². The molecule has 2 N–H and O–H groups in total. The lowest BCUT2D eigenvalue weighted by Crippen LogP contribution is -1.99. The number of carbonyl (C=O) groups is 1. The summed E-state index contributed by atoms with van der Waals surface area (Å²) in [6.45, 7) is 1.75. The predicted molar refractivity (Wildman–Crippen MR) is 73.9 cm³/mol. The lowest BCUT2D eigenvalue weighted by molar-refractivity contribution is 0.101. The van der Waals surface area contributed by atoms with Crippen molar-refractivity contribution in [1.82, 2.24) is 0 Å². The Morgan fingerprint density at radius 3 is 2.45 bits per heavy atom. The van der Waals surface area contributed by atoms with Crippen LogP contribution in [0, 0.1) is 6.92 Å². The van der Waals surface area contributed by atoms with Gasteiger partial charge in [0.2, 0.25) is 5.78 Å². The van der Waals surface area contributed by atoms with E-state index in [2.05, 4.69) is 0 Å². The van der Waals surface area contributed by atoms with Crippen LogP contribution in [0.2, 0.25) is 0 Å². The first-order valence-corrected chi connectivity index (χ1v) is 6.11. The normalized spacial score (nSPS) is 15.2. The molecule has 0 amide bonds. The summed E-state index contributed by atoms with van der Waals surface area (Å²) in [5.74, 6) is 0.609. The van der Waals surface area contributed by atoms with E-state index >= 15 is 0 Å². The standard InChI is InChI=1S/C16H12O4/c1-9-6-12(18)8-13-15(9)16(19)14(20-13)7-10-2-4-11(17)5-3-10/h2-8,17-18H,1H3/b14-7-. The summed E-state index contributed by atoms with van der Waals surface area (Å²) in [5, 5.41) is 18.8. The van der Waals surface area contributed by atoms with Gasteiger partial charge in [0.25, 0.3) is 0 Å². The molecule has 0 saturated heterocycles. The zero-order valence-electron chi connectivity index (χ0n) is 10.8. The van der Waals surface area contributed by atoms with Gasteiger partial charge in [0.1, 0.15) is 17.2 Å². The monoisotopic (exact) mass is 268 g/mol. The van der Waals surface area contributed by atoms with Gasteiger partial charge in [0.15, 0.2) is 5.76 Å². The van der Waals surface area contributed by atoms with Crippen LogP contribution in [0.1, 0.15) is 21.5 Å². The van der Waals surface area contributed by atoms with Gasteiger partial charge in [-0.3, -0.25) is 4.79 Å². The summed E-state index contributed by atoms with van der Waals surface area (Å²) in [6, 6.07) is 9.41. The number of allylic oxidation sites excluding steroid dienone is 1. The van der Waals surface area contributed by atoms with E-state index in [4.69, 9.17) is 4.74 Å². The fraction of sp³-hybridized carbons (Fsp3) is 0.0625. The van der Waals surface area contributed by atoms with Crippen LogP contribution in [0.5, 0.6) is 17.2 Å². The molecule has 0 radical (unpaired) electrons. The number of rotatable bonds is 1. The smallest absolute Gasteiger partial charge is 0.232 e. The third kappa shape index (κ3) is 2.01. The zero-order valence-corrected chi connectivity index (χ0v) is 10.8. The summed E-state index contributed by atoms with van der Waals surface area (Å²) >= 11 is 0. The Balaban J connectivity index is 2.01. The number of phenolic OH excluding ortho intramolecular Hbond substituents is 2. The van der Waals surface area contributed by atoms with Crippen molar-refractivity contribution in [3.8, 4) is 17.2 Å². The Bertz CT molecular complexity index is 727. The first kappa shape index (κ1) is 12.3. The molecule has 0 spiro atoms. The molecule has 20 heavy (non-hydrogen) atoms. The fourth-order valence-corrected chi connectivity index (χ4v) is 2.21. The van der Waals surface area contributed by atoms with Gasteiger partial charge in [-0.25, -0.2) is 0 Å². The van der Waals surface area contributed by atoms with Crippen LogP contribution in [-0.4, -0.2) is 16.0 Å². The van der Waals surface area contributed by atoms with Crippen LogP contribution >= 0.6 is 0 Å². The fourth-order valence-electron chi connectivity index (χ4n) is 2.21. The van der Waals surface area contributed by atoms with Crippen LogP contribution in [-0.2, 0) is 0 Å². The third-order valence-electron chi connectivity index (χ3n) is 3.15. The molecule has 0 unspecified atom stereocenters. The van der Waals surface area contributed by atoms with Crippen molar-refractivity contribution in [1.29, 1.82) is 0 Å². The van der Waals surface area contributed by atoms with Crippen molar-refractivity contribution < 1.29 is 19.7 Å². The number of phenols is 2. The Morgan fingerprint density at radius 2 is 1.75 bits per heavy atom. The van der Waals surface area contributed by atoms with E-state index < -0.39 is 0 Å². The number of hydrogen-bond donors (Lipinski definition) is 2. The molecule has 1 aliphatic heterocycles. The van der Waals surface area contributed by atoms with Crippen LogP contribution in [0.15, 0.2) is 42.2 Å². The van der Waals surface area contributed by atoms with Gasteiger partial charge in [-0.05, 0) is 42.3 Å². The number of Topliss-reactive ketones (excluding diaryl/α,β-unsaturated/α-hetero) is 1. The van der Waals surface area contributed by atoms with E-state index in [1.165, 1.54) is 24.3 Å². The second kappa shape index (κ2) is 4.42.